The molecule has 0 saturated heterocycles. The highest BCUT2D eigenvalue weighted by molar-refractivity contribution is 6.31. The van der Waals surface area contributed by atoms with E-state index in [1.54, 1.807) is 56.7 Å². The zero-order valence-electron chi connectivity index (χ0n) is 19.0. The summed E-state index contributed by atoms with van der Waals surface area (Å²) in [6.45, 7) is 3.91. The van der Waals surface area contributed by atoms with E-state index < -0.39 is 0 Å². The van der Waals surface area contributed by atoms with Crippen LogP contribution in [0.2, 0.25) is 0 Å². The van der Waals surface area contributed by atoms with Gasteiger partial charge < -0.3 is 18.6 Å². The van der Waals surface area contributed by atoms with Gasteiger partial charge in [-0.25, -0.2) is 4.98 Å². The molecule has 4 rings (SSSR count). The maximum atomic E-state index is 13.6. The number of allylic oxidation sites excluding steroid dienone is 1. The number of para-hydroxylation sites is 2. The number of rotatable bonds is 8. The van der Waals surface area contributed by atoms with E-state index in [-0.39, 0.29) is 17.8 Å². The largest absolute Gasteiger partial charge is 0.493 e. The molecule has 6 heteroatoms. The predicted molar refractivity (Wildman–Crippen MR) is 128 cm³/mol. The molecule has 168 valence electrons. The fraction of sp³-hybridized carbons (Fsp3) is 0.185. The zero-order valence-corrected chi connectivity index (χ0v) is 19.0. The number of methoxy groups -OCH3 is 2. The van der Waals surface area contributed by atoms with E-state index in [1.807, 2.05) is 44.2 Å². The van der Waals surface area contributed by atoms with E-state index in [4.69, 9.17) is 18.6 Å². The summed E-state index contributed by atoms with van der Waals surface area (Å²) in [6.07, 6.45) is 1.79. The van der Waals surface area contributed by atoms with Crippen molar-refractivity contribution in [3.8, 4) is 17.2 Å². The van der Waals surface area contributed by atoms with Crippen molar-refractivity contribution in [1.82, 2.24) is 4.98 Å². The first-order chi connectivity index (χ1) is 16.0. The van der Waals surface area contributed by atoms with Gasteiger partial charge in [-0.2, -0.15) is 0 Å². The van der Waals surface area contributed by atoms with Gasteiger partial charge in [-0.1, -0.05) is 18.2 Å². The number of carbonyl (C=O) groups is 1. The van der Waals surface area contributed by atoms with Gasteiger partial charge in [0.15, 0.2) is 22.9 Å². The minimum Gasteiger partial charge on any atom is -0.493 e. The smallest absolute Gasteiger partial charge is 0.231 e. The third-order valence-corrected chi connectivity index (χ3v) is 4.98. The summed E-state index contributed by atoms with van der Waals surface area (Å²) in [7, 11) is 3.15. The first-order valence-electron chi connectivity index (χ1n) is 10.6. The number of oxazole rings is 1. The quantitative estimate of drug-likeness (QED) is 0.244. The van der Waals surface area contributed by atoms with Gasteiger partial charge in [0.05, 0.1) is 25.9 Å². The van der Waals surface area contributed by atoms with Gasteiger partial charge in [-0.3, -0.25) is 4.79 Å². The lowest BCUT2D eigenvalue weighted by Gasteiger charge is -2.11. The van der Waals surface area contributed by atoms with Crippen LogP contribution < -0.4 is 14.2 Å². The number of ether oxygens (including phenoxy) is 3. The summed E-state index contributed by atoms with van der Waals surface area (Å²) < 4.78 is 22.4. The fourth-order valence-corrected chi connectivity index (χ4v) is 3.43. The molecule has 0 spiro atoms. The van der Waals surface area contributed by atoms with E-state index in [2.05, 4.69) is 4.98 Å². The molecule has 0 amide bonds. The van der Waals surface area contributed by atoms with E-state index in [0.717, 1.165) is 5.56 Å². The Morgan fingerprint density at radius 3 is 2.33 bits per heavy atom. The highest BCUT2D eigenvalue weighted by Crippen LogP contribution is 2.31. The van der Waals surface area contributed by atoms with Crippen LogP contribution in [0.3, 0.4) is 0 Å². The van der Waals surface area contributed by atoms with Gasteiger partial charge in [-0.05, 0) is 74.0 Å². The lowest BCUT2D eigenvalue weighted by Crippen LogP contribution is -2.06. The molecular weight excluding hydrogens is 418 g/mol. The normalized spacial score (nSPS) is 11.6. The molecule has 0 saturated carbocycles. The van der Waals surface area contributed by atoms with Crippen molar-refractivity contribution < 1.29 is 23.4 Å². The number of fused-ring (bicyclic) bond motifs is 1. The molecule has 33 heavy (non-hydrogen) atoms. The number of hydrogen-bond acceptors (Lipinski definition) is 6. The molecule has 0 atom stereocenters. The van der Waals surface area contributed by atoms with Gasteiger partial charge in [0.25, 0.3) is 0 Å². The van der Waals surface area contributed by atoms with Crippen molar-refractivity contribution >= 4 is 28.5 Å². The monoisotopic (exact) mass is 443 g/mol. The van der Waals surface area contributed by atoms with E-state index >= 15 is 0 Å². The minimum atomic E-state index is -0.215. The second-order valence-corrected chi connectivity index (χ2v) is 7.68. The molecule has 0 aliphatic heterocycles. The van der Waals surface area contributed by atoms with Gasteiger partial charge in [0, 0.05) is 5.56 Å². The Kier molecular flexibility index (Phi) is 6.45. The fourth-order valence-electron chi connectivity index (χ4n) is 3.43. The Morgan fingerprint density at radius 1 is 0.939 bits per heavy atom. The molecule has 0 unspecified atom stereocenters. The van der Waals surface area contributed by atoms with Crippen LogP contribution in [0, 0.1) is 0 Å². The molecule has 1 aromatic heterocycles. The molecule has 3 aromatic carbocycles. The predicted octanol–water partition coefficient (Wildman–Crippen LogP) is 6.06. The minimum absolute atomic E-state index is 0.0480. The number of hydrogen-bond donors (Lipinski definition) is 0. The van der Waals surface area contributed by atoms with Crippen LogP contribution in [0.5, 0.6) is 17.2 Å². The zero-order chi connectivity index (χ0) is 23.4. The van der Waals surface area contributed by atoms with Crippen molar-refractivity contribution in [2.24, 2.45) is 0 Å². The van der Waals surface area contributed by atoms with Gasteiger partial charge in [0.1, 0.15) is 11.3 Å². The highest BCUT2D eigenvalue weighted by Gasteiger charge is 2.21. The van der Waals surface area contributed by atoms with Crippen molar-refractivity contribution in [2.75, 3.05) is 14.2 Å². The van der Waals surface area contributed by atoms with Crippen molar-refractivity contribution in [2.45, 2.75) is 20.0 Å². The Labute approximate surface area is 192 Å². The number of ketones is 1. The standard InChI is InChI=1S/C27H25NO5/c1-17(2)32-20-12-10-19(11-13-20)26(29)21(27-28-22-7-5-6-8-23(22)33-27)15-18-9-14-24(30-3)25(16-18)31-4/h5-17H,1-4H3/b21-15+. The third kappa shape index (κ3) is 4.90. The maximum absolute atomic E-state index is 13.6. The molecule has 0 bridgehead atoms. The highest BCUT2D eigenvalue weighted by atomic mass is 16.5. The Balaban J connectivity index is 1.79. The third-order valence-electron chi connectivity index (χ3n) is 4.98. The number of benzene rings is 3. The SMILES string of the molecule is COc1ccc(/C=C(\C(=O)c2ccc(OC(C)C)cc2)c2nc3ccccc3o2)cc1OC. The van der Waals surface area contributed by atoms with Crippen LogP contribution >= 0.6 is 0 Å². The summed E-state index contributed by atoms with van der Waals surface area (Å²) >= 11 is 0. The first kappa shape index (κ1) is 22.1. The van der Waals surface area contributed by atoms with Gasteiger partial charge in [0.2, 0.25) is 5.89 Å². The van der Waals surface area contributed by atoms with Crippen molar-refractivity contribution in [1.29, 1.82) is 0 Å². The lowest BCUT2D eigenvalue weighted by molar-refractivity contribution is 0.105. The van der Waals surface area contributed by atoms with Crippen LogP contribution in [0.15, 0.2) is 71.1 Å². The maximum Gasteiger partial charge on any atom is 0.231 e. The molecule has 0 aliphatic carbocycles. The van der Waals surface area contributed by atoms with Crippen molar-refractivity contribution in [3.63, 3.8) is 0 Å². The summed E-state index contributed by atoms with van der Waals surface area (Å²) in [5.74, 6) is 1.90. The number of aromatic nitrogens is 1. The van der Waals surface area contributed by atoms with Crippen LogP contribution in [-0.2, 0) is 0 Å². The summed E-state index contributed by atoms with van der Waals surface area (Å²) in [5, 5.41) is 0. The second-order valence-electron chi connectivity index (χ2n) is 7.68. The second kappa shape index (κ2) is 9.61. The average molecular weight is 443 g/mol. The first-order valence-corrected chi connectivity index (χ1v) is 10.6. The van der Waals surface area contributed by atoms with E-state index in [9.17, 15) is 4.79 Å². The molecule has 0 fully saturated rings. The molecule has 6 nitrogen and oxygen atoms in total. The molecule has 0 radical (unpaired) electrons. The molecular formula is C27H25NO5. The molecule has 4 aromatic rings. The van der Waals surface area contributed by atoms with Crippen molar-refractivity contribution in [3.05, 3.63) is 83.7 Å². The van der Waals surface area contributed by atoms with Crippen LogP contribution in [0.1, 0.15) is 35.7 Å². The molecule has 1 heterocycles. The average Bonchev–Trinajstić information content (AvgIpc) is 3.26. The topological polar surface area (TPSA) is 70.8 Å². The molecule has 0 N–H and O–H groups in total. The number of carbonyl (C=O) groups excluding carboxylic acids is 1. The Hall–Kier alpha value is -4.06. The summed E-state index contributed by atoms with van der Waals surface area (Å²) in [4.78, 5) is 18.1. The van der Waals surface area contributed by atoms with Gasteiger partial charge in [-0.15, -0.1) is 0 Å². The molecule has 0 aliphatic rings. The van der Waals surface area contributed by atoms with E-state index in [1.165, 1.54) is 0 Å². The van der Waals surface area contributed by atoms with Gasteiger partial charge >= 0.3 is 0 Å². The van der Waals surface area contributed by atoms with E-state index in [0.29, 0.717) is 39.5 Å². The van der Waals surface area contributed by atoms with Crippen LogP contribution in [-0.4, -0.2) is 31.1 Å². The lowest BCUT2D eigenvalue weighted by atomic mass is 10.0. The Morgan fingerprint density at radius 2 is 1.67 bits per heavy atom. The Bertz CT molecular complexity index is 1270. The summed E-state index contributed by atoms with van der Waals surface area (Å²) in [6, 6.07) is 19.9. The number of Topliss-reactive ketones (excluding diaryl/α,β-unsaturated/α-hetero) is 1. The van der Waals surface area contributed by atoms with Crippen LogP contribution in [0.4, 0.5) is 0 Å². The number of nitrogens with zero attached hydrogens (tertiary/aromatic N) is 1. The summed E-state index contributed by atoms with van der Waals surface area (Å²) in [5.41, 5.74) is 2.87. The van der Waals surface area contributed by atoms with Crippen LogP contribution in [0.25, 0.3) is 22.7 Å².